The summed E-state index contributed by atoms with van der Waals surface area (Å²) in [5.74, 6) is 1.41. The highest BCUT2D eigenvalue weighted by Crippen LogP contribution is 2.29. The van der Waals surface area contributed by atoms with Gasteiger partial charge in [-0.2, -0.15) is 13.2 Å². The van der Waals surface area contributed by atoms with Gasteiger partial charge in [0, 0.05) is 25.5 Å². The van der Waals surface area contributed by atoms with Gasteiger partial charge in [0.1, 0.15) is 11.5 Å². The van der Waals surface area contributed by atoms with E-state index in [1.165, 1.54) is 10.6 Å². The van der Waals surface area contributed by atoms with Crippen molar-refractivity contribution in [1.29, 1.82) is 0 Å². The van der Waals surface area contributed by atoms with E-state index < -0.39 is 11.9 Å². The Morgan fingerprint density at radius 1 is 1.22 bits per heavy atom. The lowest BCUT2D eigenvalue weighted by Gasteiger charge is -2.35. The highest BCUT2D eigenvalue weighted by atomic mass is 19.4. The van der Waals surface area contributed by atoms with Crippen LogP contribution in [0.5, 0.6) is 0 Å². The number of aliphatic imine (C=N–C) groups is 1. The molecule has 3 aromatic heterocycles. The molecule has 1 N–H and O–H groups in total. The molecule has 0 aliphatic carbocycles. The first-order valence-electron chi connectivity index (χ1n) is 10.2. The zero-order valence-corrected chi connectivity index (χ0v) is 17.7. The van der Waals surface area contributed by atoms with Crippen molar-refractivity contribution in [2.75, 3.05) is 18.0 Å². The molecular weight excluding hydrogens is 421 g/mol. The Morgan fingerprint density at radius 2 is 2.06 bits per heavy atom. The van der Waals surface area contributed by atoms with Crippen LogP contribution in [0, 0.1) is 5.92 Å². The van der Waals surface area contributed by atoms with Gasteiger partial charge in [-0.1, -0.05) is 13.0 Å². The third-order valence-corrected chi connectivity index (χ3v) is 5.40. The molecular formula is C21H23F3N8. The zero-order valence-electron chi connectivity index (χ0n) is 17.7. The average molecular weight is 444 g/mol. The van der Waals surface area contributed by atoms with Gasteiger partial charge < -0.3 is 10.2 Å². The summed E-state index contributed by atoms with van der Waals surface area (Å²) in [5.41, 5.74) is -0.347. The van der Waals surface area contributed by atoms with E-state index in [4.69, 9.17) is 0 Å². The summed E-state index contributed by atoms with van der Waals surface area (Å²) in [5, 5.41) is 3.01. The van der Waals surface area contributed by atoms with Gasteiger partial charge in [-0.25, -0.2) is 19.9 Å². The van der Waals surface area contributed by atoms with Crippen LogP contribution in [0.15, 0.2) is 48.1 Å². The molecule has 1 fully saturated rings. The summed E-state index contributed by atoms with van der Waals surface area (Å²) in [6.07, 6.45) is 6.84. The molecule has 0 spiro atoms. The maximum atomic E-state index is 13.1. The number of halogens is 3. The number of nitrogens with one attached hydrogen (secondary N) is 1. The lowest BCUT2D eigenvalue weighted by atomic mass is 9.94. The standard InChI is InChI=1S/C21H23F3N8/c1-3-6-25-13-29-15-11-31(8-5-14(15)2)18-4-7-26-20(30-18)16-9-28-19-10-27-17(12-32(16)19)21(22,23)24/h3-4,6-7,9-10,12-15H,5,8,11H2,1-2H3,(H,25,29)/b6-3-. The van der Waals surface area contributed by atoms with Crippen molar-refractivity contribution >= 4 is 17.8 Å². The summed E-state index contributed by atoms with van der Waals surface area (Å²) >= 11 is 0. The number of anilines is 1. The molecule has 11 heteroatoms. The van der Waals surface area contributed by atoms with Gasteiger partial charge in [-0.15, -0.1) is 0 Å². The van der Waals surface area contributed by atoms with Crippen LogP contribution in [-0.2, 0) is 6.18 Å². The van der Waals surface area contributed by atoms with Gasteiger partial charge >= 0.3 is 6.18 Å². The molecule has 1 aliphatic heterocycles. The van der Waals surface area contributed by atoms with Crippen molar-refractivity contribution < 1.29 is 13.2 Å². The SMILES string of the molecule is C/C=C\NC=NC1CN(c2ccnc(-c3cnc4cnc(C(F)(F)F)cn34)n2)CCC1C. The minimum absolute atomic E-state index is 0.0936. The van der Waals surface area contributed by atoms with E-state index in [2.05, 4.69) is 42.1 Å². The molecule has 168 valence electrons. The number of alkyl halides is 3. The highest BCUT2D eigenvalue weighted by Gasteiger charge is 2.33. The largest absolute Gasteiger partial charge is 0.434 e. The van der Waals surface area contributed by atoms with Crippen LogP contribution in [0.25, 0.3) is 17.2 Å². The maximum absolute atomic E-state index is 13.1. The third kappa shape index (κ3) is 4.56. The van der Waals surface area contributed by atoms with Crippen molar-refractivity contribution in [1.82, 2.24) is 29.7 Å². The Morgan fingerprint density at radius 3 is 2.84 bits per heavy atom. The number of fused-ring (bicyclic) bond motifs is 1. The first-order chi connectivity index (χ1) is 15.4. The summed E-state index contributed by atoms with van der Waals surface area (Å²) in [7, 11) is 0. The van der Waals surface area contributed by atoms with Gasteiger partial charge in [0.25, 0.3) is 0 Å². The quantitative estimate of drug-likeness (QED) is 0.479. The Bertz CT molecular complexity index is 1140. The second-order valence-corrected chi connectivity index (χ2v) is 7.60. The third-order valence-electron chi connectivity index (χ3n) is 5.40. The van der Waals surface area contributed by atoms with Crippen LogP contribution in [0.3, 0.4) is 0 Å². The second kappa shape index (κ2) is 8.93. The van der Waals surface area contributed by atoms with E-state index in [0.717, 1.165) is 25.4 Å². The van der Waals surface area contributed by atoms with E-state index in [9.17, 15) is 13.2 Å². The van der Waals surface area contributed by atoms with Crippen LogP contribution >= 0.6 is 0 Å². The summed E-state index contributed by atoms with van der Waals surface area (Å²) in [4.78, 5) is 23.2. The fraction of sp³-hybridized carbons (Fsp3) is 0.381. The van der Waals surface area contributed by atoms with Crippen molar-refractivity contribution in [3.63, 3.8) is 0 Å². The minimum atomic E-state index is -4.56. The van der Waals surface area contributed by atoms with Crippen molar-refractivity contribution in [3.05, 3.63) is 48.8 Å². The molecule has 1 aliphatic rings. The summed E-state index contributed by atoms with van der Waals surface area (Å²) < 4.78 is 40.6. The van der Waals surface area contributed by atoms with Gasteiger partial charge in [0.2, 0.25) is 0 Å². The van der Waals surface area contributed by atoms with Gasteiger partial charge in [0.05, 0.1) is 24.8 Å². The van der Waals surface area contributed by atoms with E-state index in [1.807, 2.05) is 13.0 Å². The number of nitrogens with zero attached hydrogens (tertiary/aromatic N) is 7. The van der Waals surface area contributed by atoms with Crippen molar-refractivity contribution in [2.45, 2.75) is 32.5 Å². The van der Waals surface area contributed by atoms with Crippen LogP contribution in [-0.4, -0.2) is 49.8 Å². The Hall–Kier alpha value is -3.50. The molecule has 0 saturated carbocycles. The van der Waals surface area contributed by atoms with Crippen LogP contribution < -0.4 is 10.2 Å². The Kier molecular flexibility index (Phi) is 6.06. The average Bonchev–Trinajstić information content (AvgIpc) is 3.21. The van der Waals surface area contributed by atoms with E-state index >= 15 is 0 Å². The Labute approximate surface area is 183 Å². The van der Waals surface area contributed by atoms with Crippen LogP contribution in [0.1, 0.15) is 26.0 Å². The molecule has 2 unspecified atom stereocenters. The van der Waals surface area contributed by atoms with E-state index in [-0.39, 0.29) is 11.7 Å². The fourth-order valence-corrected chi connectivity index (χ4v) is 3.58. The lowest BCUT2D eigenvalue weighted by molar-refractivity contribution is -0.141. The maximum Gasteiger partial charge on any atom is 0.434 e. The molecule has 32 heavy (non-hydrogen) atoms. The molecule has 0 amide bonds. The zero-order chi connectivity index (χ0) is 22.7. The predicted octanol–water partition coefficient (Wildman–Crippen LogP) is 3.57. The smallest absolute Gasteiger partial charge is 0.354 e. The van der Waals surface area contributed by atoms with Crippen LogP contribution in [0.2, 0.25) is 0 Å². The van der Waals surface area contributed by atoms with Gasteiger partial charge in [-0.05, 0) is 31.5 Å². The summed E-state index contributed by atoms with van der Waals surface area (Å²) in [6, 6.07) is 1.89. The Balaban J connectivity index is 1.61. The molecule has 8 nitrogen and oxygen atoms in total. The highest BCUT2D eigenvalue weighted by molar-refractivity contribution is 5.59. The fourth-order valence-electron chi connectivity index (χ4n) is 3.58. The lowest BCUT2D eigenvalue weighted by Crippen LogP contribution is -2.42. The number of aromatic nitrogens is 5. The topological polar surface area (TPSA) is 83.6 Å². The number of imidazole rings is 1. The molecule has 4 heterocycles. The molecule has 1 saturated heterocycles. The second-order valence-electron chi connectivity index (χ2n) is 7.60. The summed E-state index contributed by atoms with van der Waals surface area (Å²) in [6.45, 7) is 5.58. The van der Waals surface area contributed by atoms with Crippen molar-refractivity contribution in [2.24, 2.45) is 10.9 Å². The number of allylic oxidation sites excluding steroid dienone is 1. The number of rotatable bonds is 5. The van der Waals surface area contributed by atoms with E-state index in [0.29, 0.717) is 29.8 Å². The van der Waals surface area contributed by atoms with Crippen LogP contribution in [0.4, 0.5) is 19.0 Å². The molecule has 3 aromatic rings. The number of piperidine rings is 1. The molecule has 0 radical (unpaired) electrons. The first-order valence-corrected chi connectivity index (χ1v) is 10.2. The van der Waals surface area contributed by atoms with Gasteiger partial charge in [0.15, 0.2) is 17.2 Å². The monoisotopic (exact) mass is 444 g/mol. The first kappa shape index (κ1) is 21.7. The van der Waals surface area contributed by atoms with Gasteiger partial charge in [-0.3, -0.25) is 9.39 Å². The number of hydrogen-bond donors (Lipinski definition) is 1. The normalized spacial score (nSPS) is 20.0. The minimum Gasteiger partial charge on any atom is -0.354 e. The molecule has 4 rings (SSSR count). The molecule has 2 atom stereocenters. The van der Waals surface area contributed by atoms with E-state index in [1.54, 1.807) is 24.8 Å². The molecule has 0 aromatic carbocycles. The molecule has 0 bridgehead atoms. The number of hydrogen-bond acceptors (Lipinski definition) is 6. The predicted molar refractivity (Wildman–Crippen MR) is 115 cm³/mol. The van der Waals surface area contributed by atoms with Crippen molar-refractivity contribution in [3.8, 4) is 11.5 Å².